The van der Waals surface area contributed by atoms with Crippen LogP contribution in [0.4, 0.5) is 8.78 Å². The second-order valence-corrected chi connectivity index (χ2v) is 5.95. The van der Waals surface area contributed by atoms with Gasteiger partial charge in [-0.15, -0.1) is 12.4 Å². The SMILES string of the molecule is Cl.O=S(=O)(N[C@H]1CCCNC1)c1ccc(F)c(F)c1. The summed E-state index contributed by atoms with van der Waals surface area (Å²) in [5.74, 6) is -2.23. The van der Waals surface area contributed by atoms with Crippen LogP contribution in [0.15, 0.2) is 23.1 Å². The van der Waals surface area contributed by atoms with Gasteiger partial charge in [0.1, 0.15) is 0 Å². The molecule has 108 valence electrons. The second-order valence-electron chi connectivity index (χ2n) is 4.24. The van der Waals surface area contributed by atoms with Crippen molar-refractivity contribution in [2.75, 3.05) is 13.1 Å². The predicted octanol–water partition coefficient (Wildman–Crippen LogP) is 1.42. The van der Waals surface area contributed by atoms with Crippen LogP contribution in [0.5, 0.6) is 0 Å². The van der Waals surface area contributed by atoms with Gasteiger partial charge < -0.3 is 5.32 Å². The van der Waals surface area contributed by atoms with E-state index in [0.29, 0.717) is 12.6 Å². The van der Waals surface area contributed by atoms with E-state index in [-0.39, 0.29) is 23.3 Å². The van der Waals surface area contributed by atoms with Crippen molar-refractivity contribution in [3.63, 3.8) is 0 Å². The molecule has 1 heterocycles. The van der Waals surface area contributed by atoms with Crippen molar-refractivity contribution in [3.8, 4) is 0 Å². The fraction of sp³-hybridized carbons (Fsp3) is 0.455. The molecule has 0 radical (unpaired) electrons. The monoisotopic (exact) mass is 312 g/mol. The van der Waals surface area contributed by atoms with Crippen LogP contribution in [0.25, 0.3) is 0 Å². The van der Waals surface area contributed by atoms with Gasteiger partial charge in [-0.2, -0.15) is 0 Å². The lowest BCUT2D eigenvalue weighted by atomic mass is 10.1. The topological polar surface area (TPSA) is 58.2 Å². The first kappa shape index (κ1) is 16.3. The molecule has 0 unspecified atom stereocenters. The van der Waals surface area contributed by atoms with E-state index < -0.39 is 21.7 Å². The van der Waals surface area contributed by atoms with Crippen molar-refractivity contribution in [2.24, 2.45) is 0 Å². The lowest BCUT2D eigenvalue weighted by molar-refractivity contribution is 0.428. The zero-order valence-corrected chi connectivity index (χ0v) is 11.7. The molecule has 0 saturated carbocycles. The molecule has 8 heteroatoms. The summed E-state index contributed by atoms with van der Waals surface area (Å²) in [5, 5.41) is 3.07. The Balaban J connectivity index is 0.00000180. The van der Waals surface area contributed by atoms with Crippen LogP contribution in [-0.2, 0) is 10.0 Å². The molecule has 4 nitrogen and oxygen atoms in total. The number of hydrogen-bond acceptors (Lipinski definition) is 3. The Bertz CT molecular complexity index is 533. The highest BCUT2D eigenvalue weighted by Gasteiger charge is 2.22. The largest absolute Gasteiger partial charge is 0.315 e. The van der Waals surface area contributed by atoms with Crippen LogP contribution >= 0.6 is 12.4 Å². The smallest absolute Gasteiger partial charge is 0.240 e. The molecule has 1 aliphatic rings. The summed E-state index contributed by atoms with van der Waals surface area (Å²) in [6, 6.07) is 2.34. The fourth-order valence-corrected chi connectivity index (χ4v) is 3.17. The van der Waals surface area contributed by atoms with Crippen LogP contribution < -0.4 is 10.0 Å². The number of benzene rings is 1. The Morgan fingerprint density at radius 1 is 1.26 bits per heavy atom. The van der Waals surface area contributed by atoms with Crippen molar-refractivity contribution >= 4 is 22.4 Å². The van der Waals surface area contributed by atoms with E-state index >= 15 is 0 Å². The zero-order chi connectivity index (χ0) is 13.2. The Labute approximate surface area is 117 Å². The second kappa shape index (κ2) is 6.60. The van der Waals surface area contributed by atoms with Gasteiger partial charge in [-0.25, -0.2) is 21.9 Å². The quantitative estimate of drug-likeness (QED) is 0.887. The number of hydrogen-bond donors (Lipinski definition) is 2. The fourth-order valence-electron chi connectivity index (χ4n) is 1.88. The highest BCUT2D eigenvalue weighted by molar-refractivity contribution is 7.89. The van der Waals surface area contributed by atoms with Gasteiger partial charge in [0, 0.05) is 12.6 Å². The Hall–Kier alpha value is -0.760. The summed E-state index contributed by atoms with van der Waals surface area (Å²) in [7, 11) is -3.80. The predicted molar refractivity (Wildman–Crippen MR) is 69.8 cm³/mol. The maximum atomic E-state index is 13.0. The van der Waals surface area contributed by atoms with Gasteiger partial charge in [0.05, 0.1) is 4.90 Å². The van der Waals surface area contributed by atoms with E-state index in [9.17, 15) is 17.2 Å². The molecule has 1 atom stereocenters. The molecule has 19 heavy (non-hydrogen) atoms. The molecule has 1 saturated heterocycles. The third-order valence-corrected chi connectivity index (χ3v) is 4.34. The molecular weight excluding hydrogens is 298 g/mol. The third-order valence-electron chi connectivity index (χ3n) is 2.82. The molecule has 2 N–H and O–H groups in total. The van der Waals surface area contributed by atoms with Crippen LogP contribution in [0, 0.1) is 11.6 Å². The number of rotatable bonds is 3. The van der Waals surface area contributed by atoms with Gasteiger partial charge in [0.25, 0.3) is 0 Å². The molecular formula is C11H15ClF2N2O2S. The molecule has 0 bridgehead atoms. The van der Waals surface area contributed by atoms with Crippen molar-refractivity contribution in [1.29, 1.82) is 0 Å². The summed E-state index contributed by atoms with van der Waals surface area (Å²) >= 11 is 0. The van der Waals surface area contributed by atoms with Gasteiger partial charge in [-0.05, 0) is 37.6 Å². The van der Waals surface area contributed by atoms with Crippen molar-refractivity contribution < 1.29 is 17.2 Å². The standard InChI is InChI=1S/C11H14F2N2O2S.ClH/c12-10-4-3-9(6-11(10)13)18(16,17)15-8-2-1-5-14-7-8;/h3-4,6,8,14-15H,1-2,5,7H2;1H/t8-;/m0./s1. The first-order valence-corrected chi connectivity index (χ1v) is 7.15. The van der Waals surface area contributed by atoms with Crippen molar-refractivity contribution in [3.05, 3.63) is 29.8 Å². The zero-order valence-electron chi connectivity index (χ0n) is 10.0. The first-order valence-electron chi connectivity index (χ1n) is 5.67. The van der Waals surface area contributed by atoms with Crippen LogP contribution in [0.1, 0.15) is 12.8 Å². The molecule has 1 fully saturated rings. The number of nitrogens with one attached hydrogen (secondary N) is 2. The Morgan fingerprint density at radius 3 is 2.58 bits per heavy atom. The average molecular weight is 313 g/mol. The van der Waals surface area contributed by atoms with Crippen LogP contribution in [0.3, 0.4) is 0 Å². The van der Waals surface area contributed by atoms with Crippen molar-refractivity contribution in [1.82, 2.24) is 10.0 Å². The summed E-state index contributed by atoms with van der Waals surface area (Å²) < 4.78 is 52.1. The van der Waals surface area contributed by atoms with E-state index in [1.165, 1.54) is 0 Å². The van der Waals surface area contributed by atoms with Gasteiger partial charge in [0.15, 0.2) is 11.6 Å². The molecule has 1 aromatic carbocycles. The minimum absolute atomic E-state index is 0. The third kappa shape index (κ3) is 4.10. The molecule has 1 aliphatic heterocycles. The number of halogens is 3. The molecule has 0 aromatic heterocycles. The lowest BCUT2D eigenvalue weighted by Gasteiger charge is -2.23. The minimum Gasteiger partial charge on any atom is -0.315 e. The molecule has 2 rings (SSSR count). The van der Waals surface area contributed by atoms with Crippen molar-refractivity contribution in [2.45, 2.75) is 23.8 Å². The molecule has 1 aromatic rings. The highest BCUT2D eigenvalue weighted by Crippen LogP contribution is 2.15. The number of sulfonamides is 1. The maximum absolute atomic E-state index is 13.0. The first-order chi connectivity index (χ1) is 8.49. The Kier molecular flexibility index (Phi) is 5.66. The normalized spacial score (nSPS) is 19.8. The van der Waals surface area contributed by atoms with E-state index in [1.54, 1.807) is 0 Å². The van der Waals surface area contributed by atoms with E-state index in [4.69, 9.17) is 0 Å². The summed E-state index contributed by atoms with van der Waals surface area (Å²) in [5.41, 5.74) is 0. The van der Waals surface area contributed by atoms with Crippen LogP contribution in [0.2, 0.25) is 0 Å². The molecule has 0 spiro atoms. The number of piperidine rings is 1. The maximum Gasteiger partial charge on any atom is 0.240 e. The Morgan fingerprint density at radius 2 is 2.00 bits per heavy atom. The molecule has 0 amide bonds. The summed E-state index contributed by atoms with van der Waals surface area (Å²) in [6.45, 7) is 1.41. The van der Waals surface area contributed by atoms with Gasteiger partial charge in [-0.3, -0.25) is 0 Å². The van der Waals surface area contributed by atoms with E-state index in [0.717, 1.165) is 31.5 Å². The summed E-state index contributed by atoms with van der Waals surface area (Å²) in [6.07, 6.45) is 1.61. The highest BCUT2D eigenvalue weighted by atomic mass is 35.5. The minimum atomic E-state index is -3.80. The van der Waals surface area contributed by atoms with E-state index in [2.05, 4.69) is 10.0 Å². The summed E-state index contributed by atoms with van der Waals surface area (Å²) in [4.78, 5) is -0.257. The van der Waals surface area contributed by atoms with Gasteiger partial charge in [0.2, 0.25) is 10.0 Å². The van der Waals surface area contributed by atoms with Crippen LogP contribution in [-0.4, -0.2) is 27.5 Å². The molecule has 0 aliphatic carbocycles. The lowest BCUT2D eigenvalue weighted by Crippen LogP contribution is -2.45. The van der Waals surface area contributed by atoms with Gasteiger partial charge >= 0.3 is 0 Å². The van der Waals surface area contributed by atoms with E-state index in [1.807, 2.05) is 0 Å². The van der Waals surface area contributed by atoms with Gasteiger partial charge in [-0.1, -0.05) is 0 Å². The average Bonchev–Trinajstić information content (AvgIpc) is 2.33.